The molecule has 1 heterocycles. The lowest BCUT2D eigenvalue weighted by molar-refractivity contribution is -0.124. The molecule has 56 valence electrons. The van der Waals surface area contributed by atoms with E-state index in [4.69, 9.17) is 0 Å². The normalized spacial score (nSPS) is 30.3. The van der Waals surface area contributed by atoms with Gasteiger partial charge < -0.3 is 0 Å². The van der Waals surface area contributed by atoms with E-state index in [0.29, 0.717) is 0 Å². The summed E-state index contributed by atoms with van der Waals surface area (Å²) in [5.74, 6) is 0.144. The summed E-state index contributed by atoms with van der Waals surface area (Å²) in [6, 6.07) is 0. The van der Waals surface area contributed by atoms with E-state index < -0.39 is 0 Å². The van der Waals surface area contributed by atoms with Crippen LogP contribution in [0.5, 0.6) is 0 Å². The summed E-state index contributed by atoms with van der Waals surface area (Å²) in [7, 11) is 3.45. The van der Waals surface area contributed by atoms with Crippen molar-refractivity contribution in [3.05, 3.63) is 0 Å². The van der Waals surface area contributed by atoms with Gasteiger partial charge in [0.25, 0.3) is 0 Å². The number of carbonyl (C=O) groups excluding carboxylic acids is 1. The van der Waals surface area contributed by atoms with Crippen LogP contribution >= 0.6 is 11.8 Å². The maximum atomic E-state index is 11.1. The Bertz CT molecular complexity index is 190. The van der Waals surface area contributed by atoms with Crippen molar-refractivity contribution in [2.45, 2.75) is 12.2 Å². The Kier molecular flexibility index (Phi) is 1.99. The largest absolute Gasteiger partial charge is 0.294 e. The minimum absolute atomic E-state index is 0.0451. The molecule has 4 heteroatoms. The predicted octanol–water partition coefficient (Wildman–Crippen LogP) is 0.566. The first kappa shape index (κ1) is 7.60. The number of amides is 1. The highest BCUT2D eigenvalue weighted by Gasteiger charge is 2.31. The molecule has 0 aromatic rings. The summed E-state index contributed by atoms with van der Waals surface area (Å²) in [6.45, 7) is 1.89. The van der Waals surface area contributed by atoms with Crippen LogP contribution in [0.15, 0.2) is 4.99 Å². The number of nitrogens with zero attached hydrogens (tertiary/aromatic N) is 2. The zero-order valence-electron chi connectivity index (χ0n) is 6.29. The molecule has 0 aromatic carbocycles. The third-order valence-electron chi connectivity index (χ3n) is 1.44. The highest BCUT2D eigenvalue weighted by Crippen LogP contribution is 2.24. The second-order valence-electron chi connectivity index (χ2n) is 2.16. The maximum absolute atomic E-state index is 11.1. The van der Waals surface area contributed by atoms with Crippen LogP contribution in [-0.2, 0) is 4.79 Å². The maximum Gasteiger partial charge on any atom is 0.241 e. The van der Waals surface area contributed by atoms with Crippen LogP contribution in [0.1, 0.15) is 6.92 Å². The fourth-order valence-electron chi connectivity index (χ4n) is 0.857. The van der Waals surface area contributed by atoms with Crippen LogP contribution in [-0.4, -0.2) is 35.3 Å². The summed E-state index contributed by atoms with van der Waals surface area (Å²) >= 11 is 1.51. The Labute approximate surface area is 64.5 Å². The molecule has 0 spiro atoms. The number of hydrogen-bond acceptors (Lipinski definition) is 3. The van der Waals surface area contributed by atoms with E-state index in [-0.39, 0.29) is 11.2 Å². The Morgan fingerprint density at radius 2 is 2.30 bits per heavy atom. The van der Waals surface area contributed by atoms with Crippen LogP contribution in [0.3, 0.4) is 0 Å². The number of hydrogen-bond donors (Lipinski definition) is 0. The second kappa shape index (κ2) is 2.62. The fraction of sp³-hybridized carbons (Fsp3) is 0.667. The zero-order chi connectivity index (χ0) is 7.72. The molecule has 1 aliphatic rings. The summed E-state index contributed by atoms with van der Waals surface area (Å²) in [5, 5.41) is 0.862. The van der Waals surface area contributed by atoms with Crippen molar-refractivity contribution in [1.82, 2.24) is 4.90 Å². The third-order valence-corrected chi connectivity index (χ3v) is 2.66. The van der Waals surface area contributed by atoms with Gasteiger partial charge >= 0.3 is 0 Å². The molecule has 0 aromatic heterocycles. The Morgan fingerprint density at radius 3 is 2.50 bits per heavy atom. The van der Waals surface area contributed by atoms with Gasteiger partial charge in [-0.3, -0.25) is 14.7 Å². The van der Waals surface area contributed by atoms with Gasteiger partial charge in [-0.15, -0.1) is 0 Å². The van der Waals surface area contributed by atoms with E-state index in [1.807, 2.05) is 6.92 Å². The molecule has 1 atom stereocenters. The van der Waals surface area contributed by atoms with Gasteiger partial charge in [0.15, 0.2) is 5.17 Å². The van der Waals surface area contributed by atoms with Gasteiger partial charge in [-0.2, -0.15) is 0 Å². The predicted molar refractivity (Wildman–Crippen MR) is 43.2 cm³/mol. The van der Waals surface area contributed by atoms with Crippen LogP contribution in [0.4, 0.5) is 0 Å². The van der Waals surface area contributed by atoms with Crippen molar-refractivity contribution in [3.8, 4) is 0 Å². The van der Waals surface area contributed by atoms with Crippen molar-refractivity contribution < 1.29 is 4.79 Å². The van der Waals surface area contributed by atoms with Crippen molar-refractivity contribution >= 4 is 22.8 Å². The van der Waals surface area contributed by atoms with E-state index >= 15 is 0 Å². The first-order chi connectivity index (χ1) is 4.66. The van der Waals surface area contributed by atoms with E-state index in [9.17, 15) is 4.79 Å². The topological polar surface area (TPSA) is 32.7 Å². The van der Waals surface area contributed by atoms with Crippen molar-refractivity contribution in [2.75, 3.05) is 14.1 Å². The first-order valence-corrected chi connectivity index (χ1v) is 3.95. The van der Waals surface area contributed by atoms with Crippen LogP contribution in [0.25, 0.3) is 0 Å². The molecule has 0 N–H and O–H groups in total. The number of thioether (sulfide) groups is 1. The molecule has 1 rings (SSSR count). The lowest BCUT2D eigenvalue weighted by Gasteiger charge is -2.05. The quantitative estimate of drug-likeness (QED) is 0.516. The van der Waals surface area contributed by atoms with Gasteiger partial charge in [0.05, 0.1) is 5.25 Å². The van der Waals surface area contributed by atoms with E-state index in [1.165, 1.54) is 11.8 Å². The average molecular weight is 158 g/mol. The Balaban J connectivity index is 2.81. The summed E-state index contributed by atoms with van der Waals surface area (Å²) in [4.78, 5) is 16.6. The molecule has 1 aliphatic heterocycles. The summed E-state index contributed by atoms with van der Waals surface area (Å²) in [5.41, 5.74) is 0. The molecule has 1 amide bonds. The SMILES string of the molecule is CN=C1SC(C)C(=O)N1C. The van der Waals surface area contributed by atoms with Crippen molar-refractivity contribution in [3.63, 3.8) is 0 Å². The summed E-state index contributed by atoms with van der Waals surface area (Å²) < 4.78 is 0. The average Bonchev–Trinajstić information content (AvgIpc) is 2.17. The Hall–Kier alpha value is -0.510. The second-order valence-corrected chi connectivity index (χ2v) is 3.47. The van der Waals surface area contributed by atoms with Gasteiger partial charge in [-0.1, -0.05) is 11.8 Å². The number of rotatable bonds is 0. The van der Waals surface area contributed by atoms with Crippen LogP contribution in [0.2, 0.25) is 0 Å². The number of carbonyl (C=O) groups is 1. The Morgan fingerprint density at radius 1 is 1.70 bits per heavy atom. The monoisotopic (exact) mass is 158 g/mol. The molecule has 0 saturated carbocycles. The molecule has 0 aliphatic carbocycles. The van der Waals surface area contributed by atoms with E-state index in [1.54, 1.807) is 19.0 Å². The molecule has 10 heavy (non-hydrogen) atoms. The standard InChI is InChI=1S/C6H10N2OS/c1-4-5(9)8(3)6(7-2)10-4/h4H,1-3H3. The minimum atomic E-state index is 0.0451. The lowest BCUT2D eigenvalue weighted by atomic mass is 10.4. The van der Waals surface area contributed by atoms with Gasteiger partial charge in [-0.05, 0) is 6.92 Å². The minimum Gasteiger partial charge on any atom is -0.294 e. The molecule has 0 bridgehead atoms. The molecule has 0 radical (unpaired) electrons. The molecule has 1 unspecified atom stereocenters. The van der Waals surface area contributed by atoms with E-state index in [0.717, 1.165) is 5.17 Å². The van der Waals surface area contributed by atoms with E-state index in [2.05, 4.69) is 4.99 Å². The highest BCUT2D eigenvalue weighted by atomic mass is 32.2. The molecule has 1 saturated heterocycles. The number of aliphatic imine (C=N–C) groups is 1. The highest BCUT2D eigenvalue weighted by molar-refractivity contribution is 8.15. The van der Waals surface area contributed by atoms with Gasteiger partial charge in [0.1, 0.15) is 0 Å². The lowest BCUT2D eigenvalue weighted by Crippen LogP contribution is -2.26. The smallest absolute Gasteiger partial charge is 0.241 e. The van der Waals surface area contributed by atoms with Crippen molar-refractivity contribution in [1.29, 1.82) is 0 Å². The van der Waals surface area contributed by atoms with Crippen LogP contribution in [0, 0.1) is 0 Å². The third kappa shape index (κ3) is 1.03. The zero-order valence-corrected chi connectivity index (χ0v) is 7.10. The van der Waals surface area contributed by atoms with Gasteiger partial charge in [0.2, 0.25) is 5.91 Å². The molecule has 1 fully saturated rings. The fourth-order valence-corrected chi connectivity index (χ4v) is 1.79. The van der Waals surface area contributed by atoms with Gasteiger partial charge in [0, 0.05) is 14.1 Å². The van der Waals surface area contributed by atoms with Crippen LogP contribution < -0.4 is 0 Å². The number of amidine groups is 1. The first-order valence-electron chi connectivity index (χ1n) is 3.08. The molecule has 3 nitrogen and oxygen atoms in total. The molecular weight excluding hydrogens is 148 g/mol. The molecular formula is C6H10N2OS. The summed E-state index contributed by atoms with van der Waals surface area (Å²) in [6.07, 6.45) is 0. The van der Waals surface area contributed by atoms with Crippen molar-refractivity contribution in [2.24, 2.45) is 4.99 Å². The van der Waals surface area contributed by atoms with Gasteiger partial charge in [-0.25, -0.2) is 0 Å².